The van der Waals surface area contributed by atoms with Crippen LogP contribution >= 0.6 is 0 Å². The molecule has 0 saturated carbocycles. The van der Waals surface area contributed by atoms with Gasteiger partial charge in [-0.25, -0.2) is 0 Å². The third kappa shape index (κ3) is 2.94. The first-order valence-electron chi connectivity index (χ1n) is 7.87. The molecule has 1 unspecified atom stereocenters. The highest BCUT2D eigenvalue weighted by Crippen LogP contribution is 2.25. The number of nitrogens with one attached hydrogen (secondary N) is 1. The molecule has 3 rings (SSSR count). The Morgan fingerprint density at radius 2 is 2.19 bits per heavy atom. The second kappa shape index (κ2) is 5.88. The Kier molecular flexibility index (Phi) is 3.95. The molecular formula is C17H23N3O. The Morgan fingerprint density at radius 3 is 3.00 bits per heavy atom. The Labute approximate surface area is 125 Å². The van der Waals surface area contributed by atoms with Crippen molar-refractivity contribution in [2.45, 2.75) is 33.1 Å². The van der Waals surface area contributed by atoms with Crippen LogP contribution in [0.1, 0.15) is 43.5 Å². The lowest BCUT2D eigenvalue weighted by atomic mass is 9.89. The second-order valence-electron chi connectivity index (χ2n) is 6.40. The summed E-state index contributed by atoms with van der Waals surface area (Å²) in [4.78, 5) is 14.7. The molecule has 4 nitrogen and oxygen atoms in total. The van der Waals surface area contributed by atoms with Crippen LogP contribution in [-0.2, 0) is 0 Å². The molecule has 112 valence electrons. The lowest BCUT2D eigenvalue weighted by molar-refractivity contribution is 0.0759. The van der Waals surface area contributed by atoms with Crippen LogP contribution in [0.3, 0.4) is 0 Å². The number of aromatic nitrogens is 2. The number of H-pyrrole nitrogens is 1. The normalized spacial score (nSPS) is 20.0. The third-order valence-electron chi connectivity index (χ3n) is 4.69. The van der Waals surface area contributed by atoms with Crippen molar-refractivity contribution in [2.75, 3.05) is 13.1 Å². The number of hydrogen-bond acceptors (Lipinski definition) is 2. The summed E-state index contributed by atoms with van der Waals surface area (Å²) < 4.78 is 0. The van der Waals surface area contributed by atoms with Gasteiger partial charge in [0.05, 0.1) is 11.7 Å². The van der Waals surface area contributed by atoms with Gasteiger partial charge in [0.2, 0.25) is 0 Å². The molecule has 0 radical (unpaired) electrons. The highest BCUT2D eigenvalue weighted by Gasteiger charge is 2.23. The quantitative estimate of drug-likeness (QED) is 0.918. The van der Waals surface area contributed by atoms with E-state index in [9.17, 15) is 4.79 Å². The fourth-order valence-electron chi connectivity index (χ4n) is 3.24. The van der Waals surface area contributed by atoms with Gasteiger partial charge in [-0.05, 0) is 43.2 Å². The van der Waals surface area contributed by atoms with Crippen molar-refractivity contribution >= 4 is 16.8 Å². The summed E-state index contributed by atoms with van der Waals surface area (Å²) in [6.45, 7) is 6.33. The van der Waals surface area contributed by atoms with Crippen LogP contribution in [0.25, 0.3) is 10.9 Å². The molecule has 1 aromatic heterocycles. The average molecular weight is 285 g/mol. The molecule has 1 atom stereocenters. The maximum absolute atomic E-state index is 12.7. The molecule has 2 heterocycles. The number of nitrogens with zero attached hydrogens (tertiary/aromatic N) is 2. The van der Waals surface area contributed by atoms with Crippen molar-refractivity contribution in [1.29, 1.82) is 0 Å². The number of rotatable bonds is 2. The number of carbonyl (C=O) groups excluding carboxylic acids is 1. The van der Waals surface area contributed by atoms with E-state index < -0.39 is 0 Å². The molecule has 1 fully saturated rings. The first-order chi connectivity index (χ1) is 10.1. The van der Waals surface area contributed by atoms with E-state index in [4.69, 9.17) is 0 Å². The van der Waals surface area contributed by atoms with E-state index in [1.54, 1.807) is 6.20 Å². The van der Waals surface area contributed by atoms with Gasteiger partial charge >= 0.3 is 0 Å². The predicted octanol–water partition coefficient (Wildman–Crippen LogP) is 3.46. The van der Waals surface area contributed by atoms with Crippen molar-refractivity contribution in [3.63, 3.8) is 0 Å². The van der Waals surface area contributed by atoms with Crippen molar-refractivity contribution < 1.29 is 4.79 Å². The number of benzene rings is 1. The van der Waals surface area contributed by atoms with Crippen LogP contribution in [0.5, 0.6) is 0 Å². The molecule has 1 aliphatic heterocycles. The highest BCUT2D eigenvalue weighted by atomic mass is 16.2. The van der Waals surface area contributed by atoms with Crippen LogP contribution in [0, 0.1) is 11.8 Å². The fourth-order valence-corrected chi connectivity index (χ4v) is 3.24. The lowest BCUT2D eigenvalue weighted by Crippen LogP contribution is -2.32. The monoisotopic (exact) mass is 285 g/mol. The topological polar surface area (TPSA) is 49.0 Å². The van der Waals surface area contributed by atoms with Crippen LogP contribution in [0.4, 0.5) is 0 Å². The number of carbonyl (C=O) groups is 1. The summed E-state index contributed by atoms with van der Waals surface area (Å²) >= 11 is 0. The van der Waals surface area contributed by atoms with Gasteiger partial charge in [-0.3, -0.25) is 9.89 Å². The number of aromatic amines is 1. The standard InChI is InChI=1S/C17H23N3O/c1-12(2)13-4-3-8-20(9-7-13)17(21)14-5-6-15-11-18-19-16(15)10-14/h5-6,10-13H,3-4,7-9H2,1-2H3,(H,18,19). The van der Waals surface area contributed by atoms with Gasteiger partial charge in [0.25, 0.3) is 5.91 Å². The Bertz CT molecular complexity index is 632. The Balaban J connectivity index is 1.75. The lowest BCUT2D eigenvalue weighted by Gasteiger charge is -2.21. The number of hydrogen-bond donors (Lipinski definition) is 1. The SMILES string of the molecule is CC(C)C1CCCN(C(=O)c2ccc3cn[nH]c3c2)CC1. The first-order valence-corrected chi connectivity index (χ1v) is 7.87. The zero-order valence-corrected chi connectivity index (χ0v) is 12.8. The zero-order valence-electron chi connectivity index (χ0n) is 12.8. The molecule has 1 aromatic carbocycles. The van der Waals surface area contributed by atoms with Crippen molar-refractivity contribution in [3.05, 3.63) is 30.0 Å². The summed E-state index contributed by atoms with van der Waals surface area (Å²) in [6, 6.07) is 5.78. The second-order valence-corrected chi connectivity index (χ2v) is 6.40. The Hall–Kier alpha value is -1.84. The number of fused-ring (bicyclic) bond motifs is 1. The first kappa shape index (κ1) is 14.1. The summed E-state index contributed by atoms with van der Waals surface area (Å²) in [5.41, 5.74) is 1.69. The molecule has 1 amide bonds. The fraction of sp³-hybridized carbons (Fsp3) is 0.529. The van der Waals surface area contributed by atoms with Gasteiger partial charge < -0.3 is 4.90 Å². The van der Waals surface area contributed by atoms with Gasteiger partial charge in [-0.15, -0.1) is 0 Å². The maximum Gasteiger partial charge on any atom is 0.253 e. The minimum atomic E-state index is 0.149. The van der Waals surface area contributed by atoms with E-state index >= 15 is 0 Å². The van der Waals surface area contributed by atoms with E-state index in [0.717, 1.165) is 48.3 Å². The molecule has 0 spiro atoms. The minimum Gasteiger partial charge on any atom is -0.339 e. The maximum atomic E-state index is 12.7. The summed E-state index contributed by atoms with van der Waals surface area (Å²) in [7, 11) is 0. The molecule has 1 saturated heterocycles. The molecule has 1 N–H and O–H groups in total. The van der Waals surface area contributed by atoms with Crippen molar-refractivity contribution in [1.82, 2.24) is 15.1 Å². The summed E-state index contributed by atoms with van der Waals surface area (Å²) in [6.07, 6.45) is 5.25. The van der Waals surface area contributed by atoms with Gasteiger partial charge in [0.1, 0.15) is 0 Å². The summed E-state index contributed by atoms with van der Waals surface area (Å²) in [5.74, 6) is 1.61. The minimum absolute atomic E-state index is 0.149. The highest BCUT2D eigenvalue weighted by molar-refractivity contribution is 5.97. The molecule has 0 bridgehead atoms. The zero-order chi connectivity index (χ0) is 14.8. The largest absolute Gasteiger partial charge is 0.339 e. The smallest absolute Gasteiger partial charge is 0.253 e. The van der Waals surface area contributed by atoms with E-state index in [2.05, 4.69) is 24.0 Å². The molecule has 0 aliphatic carbocycles. The van der Waals surface area contributed by atoms with E-state index in [1.807, 2.05) is 23.1 Å². The van der Waals surface area contributed by atoms with E-state index in [-0.39, 0.29) is 5.91 Å². The van der Waals surface area contributed by atoms with Gasteiger partial charge in [0.15, 0.2) is 0 Å². The van der Waals surface area contributed by atoms with Crippen LogP contribution in [0.2, 0.25) is 0 Å². The van der Waals surface area contributed by atoms with Crippen LogP contribution < -0.4 is 0 Å². The van der Waals surface area contributed by atoms with Gasteiger partial charge in [-0.1, -0.05) is 19.9 Å². The van der Waals surface area contributed by atoms with E-state index in [0.29, 0.717) is 5.92 Å². The van der Waals surface area contributed by atoms with Crippen molar-refractivity contribution in [3.8, 4) is 0 Å². The molecule has 4 heteroatoms. The molecule has 1 aliphatic rings. The molecule has 21 heavy (non-hydrogen) atoms. The molecular weight excluding hydrogens is 262 g/mol. The summed E-state index contributed by atoms with van der Waals surface area (Å²) in [5, 5.41) is 7.98. The van der Waals surface area contributed by atoms with Gasteiger partial charge in [-0.2, -0.15) is 5.10 Å². The number of likely N-dealkylation sites (tertiary alicyclic amines) is 1. The van der Waals surface area contributed by atoms with Crippen LogP contribution in [-0.4, -0.2) is 34.1 Å². The Morgan fingerprint density at radius 1 is 1.33 bits per heavy atom. The van der Waals surface area contributed by atoms with Crippen LogP contribution in [0.15, 0.2) is 24.4 Å². The van der Waals surface area contributed by atoms with Crippen molar-refractivity contribution in [2.24, 2.45) is 11.8 Å². The molecule has 2 aromatic rings. The average Bonchev–Trinajstić information content (AvgIpc) is 2.80. The predicted molar refractivity (Wildman–Crippen MR) is 84.2 cm³/mol. The number of amides is 1. The van der Waals surface area contributed by atoms with E-state index in [1.165, 1.54) is 6.42 Å². The van der Waals surface area contributed by atoms with Gasteiger partial charge in [0, 0.05) is 24.0 Å². The third-order valence-corrected chi connectivity index (χ3v) is 4.69.